The lowest BCUT2D eigenvalue weighted by atomic mass is 9.95. The zero-order chi connectivity index (χ0) is 21.8. The molecule has 0 saturated carbocycles. The van der Waals surface area contributed by atoms with Gasteiger partial charge in [0.2, 0.25) is 0 Å². The number of hydrogen-bond acceptors (Lipinski definition) is 6. The third kappa shape index (κ3) is 3.10. The summed E-state index contributed by atoms with van der Waals surface area (Å²) in [7, 11) is 0. The molecule has 0 bridgehead atoms. The van der Waals surface area contributed by atoms with E-state index in [1.54, 1.807) is 12.1 Å². The van der Waals surface area contributed by atoms with Crippen molar-refractivity contribution in [1.29, 1.82) is 10.5 Å². The number of rotatable bonds is 2. The molecule has 1 N–H and O–H groups in total. The molecule has 5 nitrogen and oxygen atoms in total. The summed E-state index contributed by atoms with van der Waals surface area (Å²) in [4.78, 5) is 0. The third-order valence-electron chi connectivity index (χ3n) is 5.56. The molecule has 2 aromatic carbocycles. The van der Waals surface area contributed by atoms with E-state index in [-0.39, 0.29) is 17.2 Å². The maximum atomic E-state index is 13.9. The van der Waals surface area contributed by atoms with Crippen molar-refractivity contribution in [1.82, 2.24) is 14.1 Å². The number of aromatic nitrogens is 2. The number of benzene rings is 2. The van der Waals surface area contributed by atoms with Crippen LogP contribution in [0.15, 0.2) is 36.4 Å². The van der Waals surface area contributed by atoms with Crippen molar-refractivity contribution in [2.45, 2.75) is 24.7 Å². The molecule has 0 saturated heterocycles. The largest absolute Gasteiger partial charge is 0.417 e. The van der Waals surface area contributed by atoms with Gasteiger partial charge in [-0.1, -0.05) is 12.1 Å². The molecule has 0 aliphatic heterocycles. The molecule has 3 aromatic rings. The smallest absolute Gasteiger partial charge is 0.297 e. The number of alkyl halides is 3. The molecule has 2 aliphatic rings. The third-order valence-corrected chi connectivity index (χ3v) is 6.12. The topological polar surface area (TPSA) is 85.4 Å². The van der Waals surface area contributed by atoms with Crippen LogP contribution in [-0.4, -0.2) is 8.75 Å². The van der Waals surface area contributed by atoms with E-state index in [2.05, 4.69) is 20.1 Å². The Hall–Kier alpha value is -3.53. The Kier molecular flexibility index (Phi) is 4.40. The van der Waals surface area contributed by atoms with Gasteiger partial charge in [-0.3, -0.25) is 5.32 Å². The lowest BCUT2D eigenvalue weighted by Crippen LogP contribution is -2.27. The van der Waals surface area contributed by atoms with Gasteiger partial charge in [0.25, 0.3) is 0 Å². The van der Waals surface area contributed by atoms with Gasteiger partial charge < -0.3 is 0 Å². The molecule has 0 fully saturated rings. The Morgan fingerprint density at radius 1 is 1.03 bits per heavy atom. The molecule has 2 aliphatic carbocycles. The van der Waals surface area contributed by atoms with Crippen LogP contribution in [0.5, 0.6) is 0 Å². The molecule has 1 aromatic heterocycles. The van der Waals surface area contributed by atoms with Crippen LogP contribution in [-0.2, 0) is 6.18 Å². The second-order valence-corrected chi connectivity index (χ2v) is 7.86. The van der Waals surface area contributed by atoms with E-state index >= 15 is 0 Å². The van der Waals surface area contributed by atoms with Crippen molar-refractivity contribution in [3.05, 3.63) is 75.6 Å². The lowest BCUT2D eigenvalue weighted by Gasteiger charge is -2.25. The van der Waals surface area contributed by atoms with Crippen LogP contribution < -0.4 is 5.32 Å². The summed E-state index contributed by atoms with van der Waals surface area (Å²) in [5.41, 5.74) is 2.32. The van der Waals surface area contributed by atoms with Gasteiger partial charge in [-0.15, -0.1) is 0 Å². The highest BCUT2D eigenvalue weighted by molar-refractivity contribution is 6.99. The van der Waals surface area contributed by atoms with Crippen molar-refractivity contribution in [3.8, 4) is 23.3 Å². The summed E-state index contributed by atoms with van der Waals surface area (Å²) in [5, 5.41) is 22.1. The summed E-state index contributed by atoms with van der Waals surface area (Å²) >= 11 is 1.08. The zero-order valence-corrected chi connectivity index (χ0v) is 16.6. The van der Waals surface area contributed by atoms with E-state index in [9.17, 15) is 23.7 Å². The maximum absolute atomic E-state index is 13.9. The quantitative estimate of drug-likeness (QED) is 0.604. The average molecular weight is 435 g/mol. The van der Waals surface area contributed by atoms with Crippen LogP contribution in [0.25, 0.3) is 17.2 Å². The van der Waals surface area contributed by atoms with Crippen LogP contribution in [0.1, 0.15) is 57.7 Å². The number of halogens is 3. The summed E-state index contributed by atoms with van der Waals surface area (Å²) in [6.45, 7) is 0. The van der Waals surface area contributed by atoms with Crippen molar-refractivity contribution < 1.29 is 13.2 Å². The molecule has 0 amide bonds. The normalized spacial score (nSPS) is 18.6. The monoisotopic (exact) mass is 435 g/mol. The van der Waals surface area contributed by atoms with E-state index < -0.39 is 17.8 Å². The molecule has 152 valence electrons. The van der Waals surface area contributed by atoms with Crippen LogP contribution in [0, 0.1) is 22.7 Å². The number of nitriles is 2. The predicted octanol–water partition coefficient (Wildman–Crippen LogP) is 5.12. The van der Waals surface area contributed by atoms with Crippen molar-refractivity contribution in [2.24, 2.45) is 0 Å². The first-order valence-electron chi connectivity index (χ1n) is 9.35. The molecular formula is C22H12F3N5S. The lowest BCUT2D eigenvalue weighted by molar-refractivity contribution is -0.137. The van der Waals surface area contributed by atoms with Gasteiger partial charge in [-0.25, -0.2) is 0 Å². The van der Waals surface area contributed by atoms with Crippen LogP contribution >= 0.6 is 11.7 Å². The SMILES string of the molecule is N#Cc1ccc2c(c1)[C@H](NC1CC=Cc3nsnc31)c1cc(C#N)cc(C(F)(F)F)c1-2. The molecule has 1 unspecified atom stereocenters. The fourth-order valence-corrected chi connectivity index (χ4v) is 4.85. The van der Waals surface area contributed by atoms with E-state index in [4.69, 9.17) is 0 Å². The van der Waals surface area contributed by atoms with Gasteiger partial charge >= 0.3 is 6.18 Å². The highest BCUT2D eigenvalue weighted by Crippen LogP contribution is 2.50. The minimum Gasteiger partial charge on any atom is -0.297 e. The Morgan fingerprint density at radius 3 is 2.55 bits per heavy atom. The summed E-state index contributed by atoms with van der Waals surface area (Å²) < 4.78 is 50.4. The van der Waals surface area contributed by atoms with E-state index in [0.29, 0.717) is 28.7 Å². The van der Waals surface area contributed by atoms with Crippen molar-refractivity contribution in [3.63, 3.8) is 0 Å². The zero-order valence-electron chi connectivity index (χ0n) is 15.7. The minimum atomic E-state index is -4.63. The molecular weight excluding hydrogens is 423 g/mol. The molecule has 5 rings (SSSR count). The van der Waals surface area contributed by atoms with Crippen LogP contribution in [0.4, 0.5) is 13.2 Å². The van der Waals surface area contributed by atoms with Crippen molar-refractivity contribution >= 4 is 17.8 Å². The fourth-order valence-electron chi connectivity index (χ4n) is 4.26. The van der Waals surface area contributed by atoms with Gasteiger partial charge in [0.05, 0.1) is 58.3 Å². The molecule has 1 heterocycles. The van der Waals surface area contributed by atoms with Gasteiger partial charge in [-0.2, -0.15) is 32.4 Å². The van der Waals surface area contributed by atoms with Crippen LogP contribution in [0.3, 0.4) is 0 Å². The molecule has 31 heavy (non-hydrogen) atoms. The Balaban J connectivity index is 1.71. The van der Waals surface area contributed by atoms with Crippen LogP contribution in [0.2, 0.25) is 0 Å². The number of nitrogens with zero attached hydrogens (tertiary/aromatic N) is 4. The number of fused-ring (bicyclic) bond motifs is 4. The van der Waals surface area contributed by atoms with E-state index in [0.717, 1.165) is 29.2 Å². The second-order valence-electron chi connectivity index (χ2n) is 7.34. The molecule has 0 spiro atoms. The Morgan fingerprint density at radius 2 is 1.81 bits per heavy atom. The Bertz CT molecular complexity index is 1330. The van der Waals surface area contributed by atoms with Gasteiger partial charge in [-0.05, 0) is 59.0 Å². The predicted molar refractivity (Wildman–Crippen MR) is 108 cm³/mol. The highest BCUT2D eigenvalue weighted by Gasteiger charge is 2.41. The first-order chi connectivity index (χ1) is 14.9. The highest BCUT2D eigenvalue weighted by atomic mass is 32.1. The van der Waals surface area contributed by atoms with E-state index in [1.165, 1.54) is 12.1 Å². The number of nitrogens with one attached hydrogen (secondary N) is 1. The number of hydrogen-bond donors (Lipinski definition) is 1. The first-order valence-corrected chi connectivity index (χ1v) is 10.1. The van der Waals surface area contributed by atoms with E-state index in [1.807, 2.05) is 18.2 Å². The summed E-state index contributed by atoms with van der Waals surface area (Å²) in [5.74, 6) is 0. The van der Waals surface area contributed by atoms with Gasteiger partial charge in [0.1, 0.15) is 5.69 Å². The van der Waals surface area contributed by atoms with Gasteiger partial charge in [0.15, 0.2) is 0 Å². The summed E-state index contributed by atoms with van der Waals surface area (Å²) in [6.07, 6.45) is -0.216. The molecule has 0 radical (unpaired) electrons. The minimum absolute atomic E-state index is 0.0477. The standard InChI is InChI=1S/C22H12F3N5S/c23-22(24,25)16-8-12(10-27)7-15-19(16)13-5-4-11(9-26)6-14(13)20(15)28-17-2-1-3-18-21(17)30-31-29-18/h1,3-8,17,20,28H,2H2/t17?,20-/m0/s1. The second kappa shape index (κ2) is 7.02. The summed E-state index contributed by atoms with van der Waals surface area (Å²) in [6, 6.07) is 10.1. The molecule has 2 atom stereocenters. The maximum Gasteiger partial charge on any atom is 0.417 e. The molecule has 9 heteroatoms. The average Bonchev–Trinajstić information content (AvgIpc) is 3.36. The first kappa shape index (κ1) is 19.4. The Labute approximate surface area is 179 Å². The van der Waals surface area contributed by atoms with Crippen molar-refractivity contribution in [2.75, 3.05) is 0 Å². The fraction of sp³-hybridized carbons (Fsp3) is 0.182. The van der Waals surface area contributed by atoms with Gasteiger partial charge in [0, 0.05) is 0 Å².